The number of fused-ring (bicyclic) bond motifs is 3. The third-order valence-electron chi connectivity index (χ3n) is 3.93. The summed E-state index contributed by atoms with van der Waals surface area (Å²) in [5.74, 6) is 0. The van der Waals surface area contributed by atoms with Crippen LogP contribution in [0.1, 0.15) is 21.0 Å². The van der Waals surface area contributed by atoms with Crippen molar-refractivity contribution in [3.8, 4) is 11.1 Å². The number of aromatic nitrogens is 1. The van der Waals surface area contributed by atoms with Crippen LogP contribution in [0.4, 0.5) is 5.69 Å². The molecular formula is C18H16N2S. The quantitative estimate of drug-likeness (QED) is 0.595. The van der Waals surface area contributed by atoms with Crippen molar-refractivity contribution in [1.82, 2.24) is 4.98 Å². The zero-order chi connectivity index (χ0) is 14.2. The number of benzene rings is 2. The van der Waals surface area contributed by atoms with Crippen LogP contribution in [0.2, 0.25) is 0 Å². The van der Waals surface area contributed by atoms with Gasteiger partial charge in [0.05, 0.1) is 11.6 Å². The van der Waals surface area contributed by atoms with Crippen LogP contribution in [0.5, 0.6) is 0 Å². The molecule has 21 heavy (non-hydrogen) atoms. The molecule has 0 spiro atoms. The summed E-state index contributed by atoms with van der Waals surface area (Å²) in [5, 5.41) is 4.62. The number of anilines is 1. The molecule has 0 saturated carbocycles. The van der Waals surface area contributed by atoms with Crippen molar-refractivity contribution >= 4 is 17.0 Å². The molecule has 0 aliphatic heterocycles. The fourth-order valence-corrected chi connectivity index (χ4v) is 3.67. The van der Waals surface area contributed by atoms with Crippen LogP contribution in [-0.2, 0) is 13.0 Å². The Kier molecular flexibility index (Phi) is 3.00. The highest BCUT2D eigenvalue weighted by Gasteiger charge is 2.17. The second kappa shape index (κ2) is 5.01. The first-order chi connectivity index (χ1) is 10.3. The van der Waals surface area contributed by atoms with Crippen LogP contribution in [0, 0.1) is 6.92 Å². The van der Waals surface area contributed by atoms with Crippen molar-refractivity contribution in [2.24, 2.45) is 0 Å². The first-order valence-corrected chi connectivity index (χ1v) is 7.97. The summed E-state index contributed by atoms with van der Waals surface area (Å²) < 4.78 is 0. The molecule has 1 aliphatic rings. The average Bonchev–Trinajstić information content (AvgIpc) is 3.07. The van der Waals surface area contributed by atoms with Crippen molar-refractivity contribution in [2.45, 2.75) is 19.9 Å². The summed E-state index contributed by atoms with van der Waals surface area (Å²) in [5.41, 5.74) is 6.80. The Labute approximate surface area is 128 Å². The summed E-state index contributed by atoms with van der Waals surface area (Å²) in [7, 11) is 0. The second-order valence-corrected chi connectivity index (χ2v) is 6.72. The molecule has 0 atom stereocenters. The highest BCUT2D eigenvalue weighted by Crippen LogP contribution is 2.37. The molecule has 1 N–H and O–H groups in total. The minimum Gasteiger partial charge on any atom is -0.380 e. The summed E-state index contributed by atoms with van der Waals surface area (Å²) >= 11 is 1.75. The number of hydrogen-bond acceptors (Lipinski definition) is 3. The number of rotatable bonds is 3. The van der Waals surface area contributed by atoms with Gasteiger partial charge >= 0.3 is 0 Å². The summed E-state index contributed by atoms with van der Waals surface area (Å²) in [6, 6.07) is 15.4. The van der Waals surface area contributed by atoms with Gasteiger partial charge in [0, 0.05) is 16.8 Å². The van der Waals surface area contributed by atoms with E-state index in [0.29, 0.717) is 0 Å². The Bertz CT molecular complexity index is 804. The SMILES string of the molecule is Cc1ncc(CNc2ccc3c(c2)Cc2ccccc2-3)s1. The van der Waals surface area contributed by atoms with Gasteiger partial charge in [-0.05, 0) is 47.7 Å². The van der Waals surface area contributed by atoms with Crippen LogP contribution in [0.25, 0.3) is 11.1 Å². The molecule has 1 aliphatic carbocycles. The minimum atomic E-state index is 0.844. The largest absolute Gasteiger partial charge is 0.380 e. The third-order valence-corrected chi connectivity index (χ3v) is 4.84. The number of thiazole rings is 1. The van der Waals surface area contributed by atoms with Crippen LogP contribution >= 0.6 is 11.3 Å². The molecule has 0 saturated heterocycles. The molecule has 3 heteroatoms. The van der Waals surface area contributed by atoms with E-state index < -0.39 is 0 Å². The average molecular weight is 292 g/mol. The van der Waals surface area contributed by atoms with Gasteiger partial charge in [-0.15, -0.1) is 11.3 Å². The molecule has 1 aromatic heterocycles. The highest BCUT2D eigenvalue weighted by atomic mass is 32.1. The maximum atomic E-state index is 4.29. The fraction of sp³-hybridized carbons (Fsp3) is 0.167. The number of hydrogen-bond donors (Lipinski definition) is 1. The van der Waals surface area contributed by atoms with Gasteiger partial charge in [-0.25, -0.2) is 4.98 Å². The molecule has 4 rings (SSSR count). The molecule has 0 bridgehead atoms. The van der Waals surface area contributed by atoms with E-state index >= 15 is 0 Å². The molecule has 3 aromatic rings. The lowest BCUT2D eigenvalue weighted by molar-refractivity contribution is 1.16. The van der Waals surface area contributed by atoms with E-state index in [0.717, 1.165) is 18.0 Å². The van der Waals surface area contributed by atoms with Crippen molar-refractivity contribution in [3.05, 3.63) is 69.7 Å². The lowest BCUT2D eigenvalue weighted by Gasteiger charge is -2.07. The second-order valence-electron chi connectivity index (χ2n) is 5.40. The highest BCUT2D eigenvalue weighted by molar-refractivity contribution is 7.11. The molecule has 0 radical (unpaired) electrons. The molecule has 0 fully saturated rings. The van der Waals surface area contributed by atoms with E-state index in [4.69, 9.17) is 0 Å². The monoisotopic (exact) mass is 292 g/mol. The fourth-order valence-electron chi connectivity index (χ4n) is 2.93. The lowest BCUT2D eigenvalue weighted by Crippen LogP contribution is -1.97. The van der Waals surface area contributed by atoms with Gasteiger partial charge in [0.1, 0.15) is 0 Å². The van der Waals surface area contributed by atoms with E-state index in [1.807, 2.05) is 13.1 Å². The summed E-state index contributed by atoms with van der Waals surface area (Å²) in [6.07, 6.45) is 3.00. The van der Waals surface area contributed by atoms with E-state index in [9.17, 15) is 0 Å². The summed E-state index contributed by atoms with van der Waals surface area (Å²) in [4.78, 5) is 5.57. The predicted octanol–water partition coefficient (Wildman–Crippen LogP) is 4.63. The Balaban J connectivity index is 1.56. The van der Waals surface area contributed by atoms with Crippen molar-refractivity contribution < 1.29 is 0 Å². The van der Waals surface area contributed by atoms with Crippen LogP contribution < -0.4 is 5.32 Å². The van der Waals surface area contributed by atoms with Gasteiger partial charge in [-0.1, -0.05) is 30.3 Å². The molecule has 2 aromatic carbocycles. The number of nitrogens with one attached hydrogen (secondary N) is 1. The maximum absolute atomic E-state index is 4.29. The zero-order valence-corrected chi connectivity index (χ0v) is 12.7. The van der Waals surface area contributed by atoms with Crippen molar-refractivity contribution in [3.63, 3.8) is 0 Å². The van der Waals surface area contributed by atoms with E-state index in [1.54, 1.807) is 11.3 Å². The van der Waals surface area contributed by atoms with E-state index in [2.05, 4.69) is 52.8 Å². The van der Waals surface area contributed by atoms with Crippen molar-refractivity contribution in [1.29, 1.82) is 0 Å². The maximum Gasteiger partial charge on any atom is 0.0897 e. The van der Waals surface area contributed by atoms with Crippen LogP contribution in [0.3, 0.4) is 0 Å². The van der Waals surface area contributed by atoms with Gasteiger partial charge in [-0.3, -0.25) is 0 Å². The molecule has 1 heterocycles. The predicted molar refractivity (Wildman–Crippen MR) is 88.9 cm³/mol. The lowest BCUT2D eigenvalue weighted by atomic mass is 10.1. The topological polar surface area (TPSA) is 24.9 Å². The normalized spacial score (nSPS) is 12.0. The number of nitrogens with zero attached hydrogens (tertiary/aromatic N) is 1. The Morgan fingerprint density at radius 1 is 1.10 bits per heavy atom. The molecule has 0 unspecified atom stereocenters. The third kappa shape index (κ3) is 2.34. The van der Waals surface area contributed by atoms with Gasteiger partial charge < -0.3 is 5.32 Å². The zero-order valence-electron chi connectivity index (χ0n) is 11.9. The smallest absolute Gasteiger partial charge is 0.0897 e. The van der Waals surface area contributed by atoms with Gasteiger partial charge in [-0.2, -0.15) is 0 Å². The Morgan fingerprint density at radius 2 is 1.95 bits per heavy atom. The molecular weight excluding hydrogens is 276 g/mol. The first kappa shape index (κ1) is 12.6. The molecule has 2 nitrogen and oxygen atoms in total. The van der Waals surface area contributed by atoms with Gasteiger partial charge in [0.25, 0.3) is 0 Å². The Morgan fingerprint density at radius 3 is 2.81 bits per heavy atom. The van der Waals surface area contributed by atoms with Crippen LogP contribution in [0.15, 0.2) is 48.7 Å². The van der Waals surface area contributed by atoms with Gasteiger partial charge in [0.2, 0.25) is 0 Å². The van der Waals surface area contributed by atoms with E-state index in [1.165, 1.54) is 32.8 Å². The molecule has 0 amide bonds. The van der Waals surface area contributed by atoms with Crippen LogP contribution in [-0.4, -0.2) is 4.98 Å². The van der Waals surface area contributed by atoms with Gasteiger partial charge in [0.15, 0.2) is 0 Å². The standard InChI is InChI=1S/C18H16N2S/c1-12-19-10-16(21-12)11-20-15-6-7-18-14(9-15)8-13-4-2-3-5-17(13)18/h2-7,9-10,20H,8,11H2,1H3. The van der Waals surface area contributed by atoms with Crippen molar-refractivity contribution in [2.75, 3.05) is 5.32 Å². The summed E-state index contributed by atoms with van der Waals surface area (Å²) in [6.45, 7) is 2.89. The molecule has 104 valence electrons. The first-order valence-electron chi connectivity index (χ1n) is 7.16. The van der Waals surface area contributed by atoms with E-state index in [-0.39, 0.29) is 0 Å². The number of aryl methyl sites for hydroxylation is 1. The Hall–Kier alpha value is -2.13. The minimum absolute atomic E-state index is 0.844.